The molecule has 1 aliphatic rings. The van der Waals surface area contributed by atoms with E-state index < -0.39 is 0 Å². The predicted octanol–water partition coefficient (Wildman–Crippen LogP) is 2.04. The third-order valence-corrected chi connectivity index (χ3v) is 4.76. The first kappa shape index (κ1) is 17.2. The summed E-state index contributed by atoms with van der Waals surface area (Å²) in [7, 11) is 1.91. The molecule has 27 heavy (non-hydrogen) atoms. The highest BCUT2D eigenvalue weighted by molar-refractivity contribution is 7.98. The molecule has 0 saturated carbocycles. The van der Waals surface area contributed by atoms with Gasteiger partial charge in [-0.3, -0.25) is 14.9 Å². The molecule has 0 atom stereocenters. The minimum atomic E-state index is -0.375. The maximum Gasteiger partial charge on any atom is 0.254 e. The maximum absolute atomic E-state index is 11.9. The Bertz CT molecular complexity index is 1080. The van der Waals surface area contributed by atoms with Crippen LogP contribution in [-0.4, -0.2) is 44.7 Å². The van der Waals surface area contributed by atoms with Gasteiger partial charge in [-0.25, -0.2) is 4.98 Å². The first-order chi connectivity index (χ1) is 13.1. The Labute approximate surface area is 159 Å². The summed E-state index contributed by atoms with van der Waals surface area (Å²) < 4.78 is 1.63. The number of imide groups is 1. The Morgan fingerprint density at radius 3 is 2.67 bits per heavy atom. The van der Waals surface area contributed by atoms with E-state index in [1.807, 2.05) is 48.5 Å². The third-order valence-electron chi connectivity index (χ3n) is 4.21. The molecule has 0 radical (unpaired) electrons. The second-order valence-electron chi connectivity index (χ2n) is 5.96. The molecule has 9 heteroatoms. The van der Waals surface area contributed by atoms with E-state index in [-0.39, 0.29) is 18.2 Å². The van der Waals surface area contributed by atoms with Crippen LogP contribution in [0.2, 0.25) is 0 Å². The van der Waals surface area contributed by atoms with Crippen LogP contribution in [0.15, 0.2) is 47.3 Å². The number of hydrogen-bond donors (Lipinski definition) is 1. The fourth-order valence-electron chi connectivity index (χ4n) is 2.85. The summed E-state index contributed by atoms with van der Waals surface area (Å²) in [6, 6.07) is 9.82. The Morgan fingerprint density at radius 1 is 1.22 bits per heavy atom. The number of benzene rings is 1. The monoisotopic (exact) mass is 380 g/mol. The highest BCUT2D eigenvalue weighted by Crippen LogP contribution is 2.26. The number of carbonyl (C=O) groups is 2. The van der Waals surface area contributed by atoms with Gasteiger partial charge in [0.25, 0.3) is 5.91 Å². The lowest BCUT2D eigenvalue weighted by atomic mass is 10.1. The molecule has 136 valence electrons. The summed E-state index contributed by atoms with van der Waals surface area (Å²) >= 11 is 1.42. The fraction of sp³-hybridized carbons (Fsp3) is 0.167. The number of para-hydroxylation sites is 1. The third kappa shape index (κ3) is 3.17. The predicted molar refractivity (Wildman–Crippen MR) is 103 cm³/mol. The zero-order chi connectivity index (χ0) is 19.0. The number of nitrogens with zero attached hydrogens (tertiary/aromatic N) is 5. The first-order valence-corrected chi connectivity index (χ1v) is 9.42. The van der Waals surface area contributed by atoms with E-state index >= 15 is 0 Å². The van der Waals surface area contributed by atoms with Gasteiger partial charge in [-0.2, -0.15) is 14.6 Å². The van der Waals surface area contributed by atoms with Crippen molar-refractivity contribution in [3.8, 4) is 0 Å². The van der Waals surface area contributed by atoms with Crippen molar-refractivity contribution in [3.63, 3.8) is 0 Å². The smallest absolute Gasteiger partial charge is 0.254 e. The molecule has 3 aromatic rings. The van der Waals surface area contributed by atoms with Crippen molar-refractivity contribution < 1.29 is 9.59 Å². The molecule has 1 saturated heterocycles. The van der Waals surface area contributed by atoms with E-state index in [1.165, 1.54) is 11.8 Å². The van der Waals surface area contributed by atoms with Crippen molar-refractivity contribution in [2.75, 3.05) is 18.2 Å². The lowest BCUT2D eigenvalue weighted by Gasteiger charge is -2.19. The maximum atomic E-state index is 11.9. The van der Waals surface area contributed by atoms with Crippen molar-refractivity contribution in [1.29, 1.82) is 0 Å². The molecule has 1 fully saturated rings. The van der Waals surface area contributed by atoms with Gasteiger partial charge in [0.15, 0.2) is 10.8 Å². The summed E-state index contributed by atoms with van der Waals surface area (Å²) in [5.74, 6) is -0.0704. The highest BCUT2D eigenvalue weighted by atomic mass is 32.2. The van der Waals surface area contributed by atoms with Crippen LogP contribution in [0.4, 0.5) is 11.6 Å². The number of nitrogens with one attached hydrogen (secondary N) is 1. The van der Waals surface area contributed by atoms with Gasteiger partial charge in [0.1, 0.15) is 0 Å². The molecule has 3 heterocycles. The van der Waals surface area contributed by atoms with E-state index in [0.29, 0.717) is 27.9 Å². The molecule has 1 N–H and O–H groups in total. The molecule has 8 nitrogen and oxygen atoms in total. The molecule has 0 unspecified atom stereocenters. The lowest BCUT2D eigenvalue weighted by molar-refractivity contribution is -0.124. The highest BCUT2D eigenvalue weighted by Gasteiger charge is 2.25. The Morgan fingerprint density at radius 2 is 2.00 bits per heavy atom. The SMILES string of the molecule is CSc1nc(N(C)c2ccccc2)n2ncc(/C=C3\CC(=O)NC3=O)c2n1. The Balaban J connectivity index is 1.85. The molecule has 0 aliphatic carbocycles. The summed E-state index contributed by atoms with van der Waals surface area (Å²) in [5.41, 5.74) is 2.60. The number of aromatic nitrogens is 4. The average Bonchev–Trinajstić information content (AvgIpc) is 3.23. The van der Waals surface area contributed by atoms with Crippen LogP contribution in [0.25, 0.3) is 11.7 Å². The van der Waals surface area contributed by atoms with Crippen LogP contribution < -0.4 is 10.2 Å². The van der Waals surface area contributed by atoms with E-state index in [0.717, 1.165) is 5.69 Å². The number of amides is 2. The summed E-state index contributed by atoms with van der Waals surface area (Å²) in [5, 5.41) is 7.28. The van der Waals surface area contributed by atoms with Crippen LogP contribution in [0, 0.1) is 0 Å². The zero-order valence-electron chi connectivity index (χ0n) is 14.7. The summed E-state index contributed by atoms with van der Waals surface area (Å²) in [6.45, 7) is 0. The lowest BCUT2D eigenvalue weighted by Crippen LogP contribution is -2.19. The molecule has 0 spiro atoms. The van der Waals surface area contributed by atoms with Gasteiger partial charge in [0, 0.05) is 23.9 Å². The van der Waals surface area contributed by atoms with Crippen molar-refractivity contribution in [1.82, 2.24) is 24.9 Å². The second-order valence-corrected chi connectivity index (χ2v) is 6.74. The standard InChI is InChI=1S/C18H16N6O2S/c1-23(13-6-4-3-5-7-13)18-22-17(27-2)21-15-12(10-19-24(15)18)8-11-9-14(25)20-16(11)26/h3-8,10H,9H2,1-2H3,(H,20,25,26)/b11-8+. The Kier molecular flexibility index (Phi) is 4.36. The van der Waals surface area contributed by atoms with Crippen LogP contribution in [-0.2, 0) is 9.59 Å². The number of anilines is 2. The normalized spacial score (nSPS) is 15.6. The fourth-order valence-corrected chi connectivity index (χ4v) is 3.20. The topological polar surface area (TPSA) is 92.5 Å². The van der Waals surface area contributed by atoms with E-state index in [1.54, 1.807) is 16.8 Å². The van der Waals surface area contributed by atoms with Crippen molar-refractivity contribution in [2.45, 2.75) is 11.6 Å². The average molecular weight is 380 g/mol. The second kappa shape index (κ2) is 6.84. The molecule has 0 bridgehead atoms. The van der Waals surface area contributed by atoms with Crippen LogP contribution >= 0.6 is 11.8 Å². The Hall–Kier alpha value is -3.20. The number of fused-ring (bicyclic) bond motifs is 1. The van der Waals surface area contributed by atoms with Crippen molar-refractivity contribution in [3.05, 3.63) is 47.7 Å². The minimum absolute atomic E-state index is 0.0629. The molecule has 2 amide bonds. The first-order valence-electron chi connectivity index (χ1n) is 8.20. The van der Waals surface area contributed by atoms with Crippen LogP contribution in [0.5, 0.6) is 0 Å². The van der Waals surface area contributed by atoms with Gasteiger partial charge in [-0.05, 0) is 24.5 Å². The quantitative estimate of drug-likeness (QED) is 0.421. The molecule has 1 aromatic carbocycles. The largest absolute Gasteiger partial charge is 0.313 e. The van der Waals surface area contributed by atoms with Crippen LogP contribution in [0.1, 0.15) is 12.0 Å². The van der Waals surface area contributed by atoms with Gasteiger partial charge in [0.2, 0.25) is 11.9 Å². The van der Waals surface area contributed by atoms with Gasteiger partial charge >= 0.3 is 0 Å². The minimum Gasteiger partial charge on any atom is -0.313 e. The molecule has 1 aliphatic heterocycles. The number of thioether (sulfide) groups is 1. The molecule has 2 aromatic heterocycles. The summed E-state index contributed by atoms with van der Waals surface area (Å²) in [4.78, 5) is 34.3. The number of rotatable bonds is 4. The zero-order valence-corrected chi connectivity index (χ0v) is 15.5. The van der Waals surface area contributed by atoms with E-state index in [2.05, 4.69) is 20.4 Å². The van der Waals surface area contributed by atoms with E-state index in [9.17, 15) is 9.59 Å². The summed E-state index contributed by atoms with van der Waals surface area (Å²) in [6.07, 6.45) is 5.24. The number of hydrogen-bond acceptors (Lipinski definition) is 7. The van der Waals surface area contributed by atoms with E-state index in [4.69, 9.17) is 0 Å². The van der Waals surface area contributed by atoms with Gasteiger partial charge in [-0.15, -0.1) is 0 Å². The number of carbonyl (C=O) groups excluding carboxylic acids is 2. The van der Waals surface area contributed by atoms with Crippen LogP contribution in [0.3, 0.4) is 0 Å². The van der Waals surface area contributed by atoms with Gasteiger partial charge < -0.3 is 4.90 Å². The van der Waals surface area contributed by atoms with Crippen molar-refractivity contribution in [2.24, 2.45) is 0 Å². The molecular formula is C18H16N6O2S. The van der Waals surface area contributed by atoms with Gasteiger partial charge in [-0.1, -0.05) is 30.0 Å². The molecule has 4 rings (SSSR count). The molecular weight excluding hydrogens is 364 g/mol. The van der Waals surface area contributed by atoms with Crippen molar-refractivity contribution >= 4 is 46.9 Å². The van der Waals surface area contributed by atoms with Gasteiger partial charge in [0.05, 0.1) is 12.6 Å².